The Morgan fingerprint density at radius 2 is 1.78 bits per heavy atom. The number of benzene rings is 2. The lowest BCUT2D eigenvalue weighted by molar-refractivity contribution is -0.385. The van der Waals surface area contributed by atoms with E-state index in [9.17, 15) is 10.1 Å². The van der Waals surface area contributed by atoms with Crippen LogP contribution in [0.15, 0.2) is 48.5 Å². The lowest BCUT2D eigenvalue weighted by Crippen LogP contribution is -2.00. The summed E-state index contributed by atoms with van der Waals surface area (Å²) in [5, 5.41) is 10.8. The Hall–Kier alpha value is -2.56. The van der Waals surface area contributed by atoms with Crippen molar-refractivity contribution in [1.82, 2.24) is 0 Å². The first kappa shape index (κ1) is 11.9. The SMILES string of the molecule is Nc1ccc(OCc2ccccc2[N+](=O)[O-])cc1. The van der Waals surface area contributed by atoms with Crippen LogP contribution in [0.3, 0.4) is 0 Å². The van der Waals surface area contributed by atoms with Crippen LogP contribution in [0.2, 0.25) is 0 Å². The largest absolute Gasteiger partial charge is 0.489 e. The molecule has 0 bridgehead atoms. The van der Waals surface area contributed by atoms with Gasteiger partial charge in [0.25, 0.3) is 5.69 Å². The van der Waals surface area contributed by atoms with Crippen LogP contribution in [0, 0.1) is 10.1 Å². The summed E-state index contributed by atoms with van der Waals surface area (Å²) < 4.78 is 5.48. The Labute approximate surface area is 104 Å². The number of hydrogen-bond acceptors (Lipinski definition) is 4. The second-order valence-electron chi connectivity index (χ2n) is 3.74. The number of nitro benzene ring substituents is 1. The summed E-state index contributed by atoms with van der Waals surface area (Å²) in [6.45, 7) is 0.154. The van der Waals surface area contributed by atoms with Crippen LogP contribution in [0.5, 0.6) is 5.75 Å². The first-order valence-electron chi connectivity index (χ1n) is 5.37. The Balaban J connectivity index is 2.10. The second-order valence-corrected chi connectivity index (χ2v) is 3.74. The van der Waals surface area contributed by atoms with Crippen LogP contribution in [-0.2, 0) is 6.61 Å². The van der Waals surface area contributed by atoms with E-state index in [0.29, 0.717) is 17.0 Å². The van der Waals surface area contributed by atoms with Crippen molar-refractivity contribution in [3.63, 3.8) is 0 Å². The van der Waals surface area contributed by atoms with Crippen molar-refractivity contribution in [2.75, 3.05) is 5.73 Å². The summed E-state index contributed by atoms with van der Waals surface area (Å²) in [6, 6.07) is 13.4. The number of hydrogen-bond donors (Lipinski definition) is 1. The molecule has 2 aromatic carbocycles. The number of anilines is 1. The number of nitrogens with zero attached hydrogens (tertiary/aromatic N) is 1. The van der Waals surface area contributed by atoms with Crippen LogP contribution in [0.25, 0.3) is 0 Å². The summed E-state index contributed by atoms with van der Waals surface area (Å²) in [7, 11) is 0. The van der Waals surface area contributed by atoms with E-state index in [0.717, 1.165) is 0 Å². The first-order chi connectivity index (χ1) is 8.66. The third-order valence-corrected chi connectivity index (χ3v) is 2.46. The highest BCUT2D eigenvalue weighted by Gasteiger charge is 2.12. The number of nitrogen functional groups attached to an aromatic ring is 1. The Morgan fingerprint density at radius 3 is 2.44 bits per heavy atom. The standard InChI is InChI=1S/C13H12N2O3/c14-11-5-7-12(8-6-11)18-9-10-3-1-2-4-13(10)15(16)17/h1-8H,9,14H2. The monoisotopic (exact) mass is 244 g/mol. The molecule has 0 aliphatic heterocycles. The number of ether oxygens (including phenoxy) is 1. The maximum absolute atomic E-state index is 10.8. The van der Waals surface area contributed by atoms with Crippen LogP contribution in [-0.4, -0.2) is 4.92 Å². The van der Waals surface area contributed by atoms with E-state index in [2.05, 4.69) is 0 Å². The van der Waals surface area contributed by atoms with Crippen LogP contribution in [0.1, 0.15) is 5.56 Å². The highest BCUT2D eigenvalue weighted by molar-refractivity contribution is 5.42. The van der Waals surface area contributed by atoms with Crippen molar-refractivity contribution in [3.8, 4) is 5.75 Å². The van der Waals surface area contributed by atoms with E-state index in [1.54, 1.807) is 42.5 Å². The molecule has 0 saturated carbocycles. The molecule has 18 heavy (non-hydrogen) atoms. The van der Waals surface area contributed by atoms with E-state index in [-0.39, 0.29) is 12.3 Å². The topological polar surface area (TPSA) is 78.4 Å². The quantitative estimate of drug-likeness (QED) is 0.509. The normalized spacial score (nSPS) is 10.0. The van der Waals surface area contributed by atoms with Gasteiger partial charge in [-0.1, -0.05) is 12.1 Å². The maximum atomic E-state index is 10.8. The Morgan fingerprint density at radius 1 is 1.11 bits per heavy atom. The van der Waals surface area contributed by atoms with Crippen LogP contribution < -0.4 is 10.5 Å². The Kier molecular flexibility index (Phi) is 3.43. The second kappa shape index (κ2) is 5.18. The molecular formula is C13H12N2O3. The molecule has 0 radical (unpaired) electrons. The third-order valence-electron chi connectivity index (χ3n) is 2.46. The summed E-state index contributed by atoms with van der Waals surface area (Å²) in [5.74, 6) is 0.627. The van der Waals surface area contributed by atoms with Crippen LogP contribution >= 0.6 is 0 Å². The fourth-order valence-electron chi connectivity index (χ4n) is 1.54. The molecule has 2 N–H and O–H groups in total. The molecule has 0 amide bonds. The molecule has 92 valence electrons. The van der Waals surface area contributed by atoms with E-state index in [4.69, 9.17) is 10.5 Å². The van der Waals surface area contributed by atoms with Crippen molar-refractivity contribution in [1.29, 1.82) is 0 Å². The highest BCUT2D eigenvalue weighted by Crippen LogP contribution is 2.20. The molecule has 0 aromatic heterocycles. The predicted octanol–water partition coefficient (Wildman–Crippen LogP) is 2.76. The number of nitrogens with two attached hydrogens (primary N) is 1. The summed E-state index contributed by atoms with van der Waals surface area (Å²) >= 11 is 0. The van der Waals surface area contributed by atoms with E-state index in [1.807, 2.05) is 0 Å². The molecular weight excluding hydrogens is 232 g/mol. The molecule has 0 atom stereocenters. The van der Waals surface area contributed by atoms with Crippen molar-refractivity contribution >= 4 is 11.4 Å². The maximum Gasteiger partial charge on any atom is 0.276 e. The van der Waals surface area contributed by atoms with Gasteiger partial charge in [0.1, 0.15) is 12.4 Å². The molecule has 0 fully saturated rings. The van der Waals surface area contributed by atoms with Gasteiger partial charge in [-0.2, -0.15) is 0 Å². The summed E-state index contributed by atoms with van der Waals surface area (Å²) in [5.41, 5.74) is 6.80. The third kappa shape index (κ3) is 2.76. The lowest BCUT2D eigenvalue weighted by Gasteiger charge is -2.06. The lowest BCUT2D eigenvalue weighted by atomic mass is 10.2. The highest BCUT2D eigenvalue weighted by atomic mass is 16.6. The average Bonchev–Trinajstić information content (AvgIpc) is 2.38. The predicted molar refractivity (Wildman–Crippen MR) is 68.3 cm³/mol. The van der Waals surface area contributed by atoms with Gasteiger partial charge in [0.05, 0.1) is 10.5 Å². The number of nitro groups is 1. The minimum absolute atomic E-state index is 0.0629. The molecule has 5 heteroatoms. The minimum Gasteiger partial charge on any atom is -0.489 e. The fraction of sp³-hybridized carbons (Fsp3) is 0.0769. The molecule has 2 rings (SSSR count). The van der Waals surface area contributed by atoms with E-state index < -0.39 is 4.92 Å². The molecule has 5 nitrogen and oxygen atoms in total. The van der Waals surface area contributed by atoms with E-state index in [1.165, 1.54) is 6.07 Å². The fourth-order valence-corrected chi connectivity index (χ4v) is 1.54. The van der Waals surface area contributed by atoms with Gasteiger partial charge < -0.3 is 10.5 Å². The average molecular weight is 244 g/mol. The Bertz CT molecular complexity index is 552. The van der Waals surface area contributed by atoms with Gasteiger partial charge in [-0.05, 0) is 30.3 Å². The number of para-hydroxylation sites is 1. The van der Waals surface area contributed by atoms with Gasteiger partial charge in [0.15, 0.2) is 0 Å². The van der Waals surface area contributed by atoms with Crippen molar-refractivity contribution in [2.45, 2.75) is 6.61 Å². The first-order valence-corrected chi connectivity index (χ1v) is 5.37. The number of rotatable bonds is 4. The molecule has 0 aliphatic rings. The molecule has 0 saturated heterocycles. The molecule has 2 aromatic rings. The molecule has 0 aliphatic carbocycles. The van der Waals surface area contributed by atoms with Gasteiger partial charge in [-0.15, -0.1) is 0 Å². The van der Waals surface area contributed by atoms with Gasteiger partial charge in [0, 0.05) is 11.8 Å². The molecule has 0 unspecified atom stereocenters. The molecule has 0 spiro atoms. The zero-order valence-electron chi connectivity index (χ0n) is 9.58. The summed E-state index contributed by atoms with van der Waals surface area (Å²) in [6.07, 6.45) is 0. The van der Waals surface area contributed by atoms with Crippen molar-refractivity contribution in [2.24, 2.45) is 0 Å². The van der Waals surface area contributed by atoms with Gasteiger partial charge >= 0.3 is 0 Å². The zero-order chi connectivity index (χ0) is 13.0. The van der Waals surface area contributed by atoms with Gasteiger partial charge in [0.2, 0.25) is 0 Å². The van der Waals surface area contributed by atoms with Crippen LogP contribution in [0.4, 0.5) is 11.4 Å². The molecule has 0 heterocycles. The zero-order valence-corrected chi connectivity index (χ0v) is 9.58. The van der Waals surface area contributed by atoms with Gasteiger partial charge in [-0.25, -0.2) is 0 Å². The minimum atomic E-state index is -0.415. The van der Waals surface area contributed by atoms with Crippen molar-refractivity contribution < 1.29 is 9.66 Å². The van der Waals surface area contributed by atoms with E-state index >= 15 is 0 Å². The summed E-state index contributed by atoms with van der Waals surface area (Å²) in [4.78, 5) is 10.4. The smallest absolute Gasteiger partial charge is 0.276 e. The van der Waals surface area contributed by atoms with Gasteiger partial charge in [-0.3, -0.25) is 10.1 Å². The van der Waals surface area contributed by atoms with Crippen molar-refractivity contribution in [3.05, 3.63) is 64.2 Å².